The first-order valence-electron chi connectivity index (χ1n) is 9.63. The zero-order valence-electron chi connectivity index (χ0n) is 16.8. The van der Waals surface area contributed by atoms with Crippen molar-refractivity contribution >= 4 is 23.4 Å². The van der Waals surface area contributed by atoms with Crippen molar-refractivity contribution in [2.45, 2.75) is 45.7 Å². The summed E-state index contributed by atoms with van der Waals surface area (Å²) in [6.45, 7) is 5.77. The van der Waals surface area contributed by atoms with Crippen LogP contribution in [0.25, 0.3) is 0 Å². The SMILES string of the molecule is CCC(C)N(C(=O)c1ccc(C)cc1)C1CC(=O)N(c2ccc(C#N)cc2)C1=O. The molecule has 0 saturated carbocycles. The molecule has 0 spiro atoms. The molecule has 3 amide bonds. The van der Waals surface area contributed by atoms with Gasteiger partial charge in [-0.3, -0.25) is 14.4 Å². The molecule has 6 heteroatoms. The number of benzene rings is 2. The Kier molecular flexibility index (Phi) is 5.79. The van der Waals surface area contributed by atoms with Crippen LogP contribution in [0.3, 0.4) is 0 Å². The lowest BCUT2D eigenvalue weighted by Gasteiger charge is -2.33. The second-order valence-corrected chi connectivity index (χ2v) is 7.28. The fourth-order valence-electron chi connectivity index (χ4n) is 3.48. The molecular weight excluding hydrogens is 366 g/mol. The molecule has 1 heterocycles. The maximum Gasteiger partial charge on any atom is 0.257 e. The summed E-state index contributed by atoms with van der Waals surface area (Å²) in [6, 6.07) is 14.4. The Hall–Kier alpha value is -3.46. The molecule has 0 N–H and O–H groups in total. The highest BCUT2D eigenvalue weighted by atomic mass is 16.2. The highest BCUT2D eigenvalue weighted by Crippen LogP contribution is 2.28. The van der Waals surface area contributed by atoms with Gasteiger partial charge in [-0.05, 0) is 56.7 Å². The Morgan fingerprint density at radius 3 is 2.34 bits per heavy atom. The van der Waals surface area contributed by atoms with Crippen LogP contribution >= 0.6 is 0 Å². The van der Waals surface area contributed by atoms with Crippen molar-refractivity contribution in [3.8, 4) is 6.07 Å². The standard InChI is InChI=1S/C23H23N3O3/c1-4-16(3)25(22(28)18-9-5-15(2)6-10-18)20-13-21(27)26(23(20)29)19-11-7-17(14-24)8-12-19/h5-12,16,20H,4,13H2,1-3H3. The molecular formula is C23H23N3O3. The van der Waals surface area contributed by atoms with E-state index in [2.05, 4.69) is 0 Å². The lowest BCUT2D eigenvalue weighted by molar-refractivity contribution is -0.122. The smallest absolute Gasteiger partial charge is 0.257 e. The fraction of sp³-hybridized carbons (Fsp3) is 0.304. The molecule has 0 aliphatic carbocycles. The summed E-state index contributed by atoms with van der Waals surface area (Å²) in [5, 5.41) is 8.95. The van der Waals surface area contributed by atoms with Crippen LogP contribution in [0.2, 0.25) is 0 Å². The van der Waals surface area contributed by atoms with Gasteiger partial charge in [0.1, 0.15) is 6.04 Å². The van der Waals surface area contributed by atoms with Crippen molar-refractivity contribution < 1.29 is 14.4 Å². The number of aryl methyl sites for hydroxylation is 1. The van der Waals surface area contributed by atoms with E-state index >= 15 is 0 Å². The number of carbonyl (C=O) groups is 3. The van der Waals surface area contributed by atoms with Crippen LogP contribution in [-0.4, -0.2) is 34.7 Å². The normalized spacial score (nSPS) is 17.2. The predicted octanol–water partition coefficient (Wildman–Crippen LogP) is 3.44. The summed E-state index contributed by atoms with van der Waals surface area (Å²) in [6.07, 6.45) is 0.604. The van der Waals surface area contributed by atoms with Gasteiger partial charge in [0.2, 0.25) is 5.91 Å². The lowest BCUT2D eigenvalue weighted by Crippen LogP contribution is -2.49. The largest absolute Gasteiger partial charge is 0.323 e. The van der Waals surface area contributed by atoms with E-state index in [1.54, 1.807) is 36.4 Å². The highest BCUT2D eigenvalue weighted by Gasteiger charge is 2.45. The number of nitrogens with zero attached hydrogens (tertiary/aromatic N) is 3. The number of hydrogen-bond acceptors (Lipinski definition) is 4. The molecule has 2 aromatic carbocycles. The molecule has 0 aromatic heterocycles. The number of anilines is 1. The van der Waals surface area contributed by atoms with E-state index in [0.717, 1.165) is 10.5 Å². The highest BCUT2D eigenvalue weighted by molar-refractivity contribution is 6.23. The van der Waals surface area contributed by atoms with Gasteiger partial charge in [-0.2, -0.15) is 5.26 Å². The van der Waals surface area contributed by atoms with Crippen molar-refractivity contribution in [3.63, 3.8) is 0 Å². The minimum absolute atomic E-state index is 0.0548. The summed E-state index contributed by atoms with van der Waals surface area (Å²) < 4.78 is 0. The van der Waals surface area contributed by atoms with E-state index in [1.165, 1.54) is 4.90 Å². The number of carbonyl (C=O) groups excluding carboxylic acids is 3. The molecule has 2 aromatic rings. The van der Waals surface area contributed by atoms with Crippen molar-refractivity contribution in [3.05, 3.63) is 65.2 Å². The van der Waals surface area contributed by atoms with Gasteiger partial charge in [0.15, 0.2) is 0 Å². The number of amides is 3. The zero-order chi connectivity index (χ0) is 21.1. The average Bonchev–Trinajstić information content (AvgIpc) is 3.02. The van der Waals surface area contributed by atoms with E-state index in [9.17, 15) is 14.4 Å². The molecule has 0 radical (unpaired) electrons. The van der Waals surface area contributed by atoms with Crippen LogP contribution in [0.5, 0.6) is 0 Å². The van der Waals surface area contributed by atoms with Crippen LogP contribution in [0, 0.1) is 18.3 Å². The third kappa shape index (κ3) is 3.90. The van der Waals surface area contributed by atoms with Gasteiger partial charge >= 0.3 is 0 Å². The Balaban J connectivity index is 1.93. The van der Waals surface area contributed by atoms with E-state index < -0.39 is 11.9 Å². The Morgan fingerprint density at radius 1 is 1.17 bits per heavy atom. The third-order valence-corrected chi connectivity index (χ3v) is 5.31. The molecule has 2 atom stereocenters. The molecule has 29 heavy (non-hydrogen) atoms. The van der Waals surface area contributed by atoms with Gasteiger partial charge in [-0.1, -0.05) is 24.6 Å². The van der Waals surface area contributed by atoms with Gasteiger partial charge < -0.3 is 4.90 Å². The molecule has 2 unspecified atom stereocenters. The van der Waals surface area contributed by atoms with Gasteiger partial charge in [0.05, 0.1) is 23.7 Å². The summed E-state index contributed by atoms with van der Waals surface area (Å²) in [5.74, 6) is -1.03. The zero-order valence-corrected chi connectivity index (χ0v) is 16.8. The molecule has 1 aliphatic rings. The molecule has 3 rings (SSSR count). The second kappa shape index (κ2) is 8.27. The number of hydrogen-bond donors (Lipinski definition) is 0. The molecule has 148 valence electrons. The summed E-state index contributed by atoms with van der Waals surface area (Å²) in [7, 11) is 0. The summed E-state index contributed by atoms with van der Waals surface area (Å²) in [5.41, 5.74) is 2.39. The van der Waals surface area contributed by atoms with Gasteiger partial charge in [-0.15, -0.1) is 0 Å². The quantitative estimate of drug-likeness (QED) is 0.734. The fourth-order valence-corrected chi connectivity index (χ4v) is 3.48. The minimum atomic E-state index is -0.845. The van der Waals surface area contributed by atoms with Crippen LogP contribution in [0.1, 0.15) is 48.2 Å². The first-order valence-corrected chi connectivity index (χ1v) is 9.63. The van der Waals surface area contributed by atoms with Crippen LogP contribution < -0.4 is 4.90 Å². The molecule has 1 aliphatic heterocycles. The average molecular weight is 389 g/mol. The van der Waals surface area contributed by atoms with Crippen LogP contribution in [0.4, 0.5) is 5.69 Å². The summed E-state index contributed by atoms with van der Waals surface area (Å²) >= 11 is 0. The first-order chi connectivity index (χ1) is 13.9. The van der Waals surface area contributed by atoms with Crippen LogP contribution in [-0.2, 0) is 9.59 Å². The number of nitriles is 1. The van der Waals surface area contributed by atoms with E-state index in [4.69, 9.17) is 5.26 Å². The number of rotatable bonds is 5. The summed E-state index contributed by atoms with van der Waals surface area (Å²) in [4.78, 5) is 41.7. The molecule has 1 saturated heterocycles. The molecule has 1 fully saturated rings. The Morgan fingerprint density at radius 2 is 1.79 bits per heavy atom. The predicted molar refractivity (Wildman–Crippen MR) is 109 cm³/mol. The van der Waals surface area contributed by atoms with Crippen LogP contribution in [0.15, 0.2) is 48.5 Å². The second-order valence-electron chi connectivity index (χ2n) is 7.28. The minimum Gasteiger partial charge on any atom is -0.323 e. The van der Waals surface area contributed by atoms with Gasteiger partial charge in [0, 0.05) is 11.6 Å². The maximum absolute atomic E-state index is 13.2. The van der Waals surface area contributed by atoms with Crippen molar-refractivity contribution in [2.75, 3.05) is 4.90 Å². The van der Waals surface area contributed by atoms with Gasteiger partial charge in [-0.25, -0.2) is 4.90 Å². The van der Waals surface area contributed by atoms with E-state index in [0.29, 0.717) is 23.2 Å². The Labute approximate surface area is 170 Å². The topological polar surface area (TPSA) is 81.5 Å². The third-order valence-electron chi connectivity index (χ3n) is 5.31. The van der Waals surface area contributed by atoms with E-state index in [-0.39, 0.29) is 24.3 Å². The monoisotopic (exact) mass is 389 g/mol. The maximum atomic E-state index is 13.2. The van der Waals surface area contributed by atoms with Crippen molar-refractivity contribution in [2.24, 2.45) is 0 Å². The number of imide groups is 1. The van der Waals surface area contributed by atoms with E-state index in [1.807, 2.05) is 39.0 Å². The lowest BCUT2D eigenvalue weighted by atomic mass is 10.1. The molecule has 0 bridgehead atoms. The molecule has 6 nitrogen and oxygen atoms in total. The van der Waals surface area contributed by atoms with Crippen molar-refractivity contribution in [1.29, 1.82) is 5.26 Å². The Bertz CT molecular complexity index is 974. The first kappa shape index (κ1) is 20.3. The van der Waals surface area contributed by atoms with Crippen molar-refractivity contribution in [1.82, 2.24) is 4.90 Å². The van der Waals surface area contributed by atoms with Gasteiger partial charge in [0.25, 0.3) is 11.8 Å².